The van der Waals surface area contributed by atoms with Crippen molar-refractivity contribution in [3.63, 3.8) is 0 Å². The molecule has 1 atom stereocenters. The van der Waals surface area contributed by atoms with E-state index < -0.39 is 0 Å². The lowest BCUT2D eigenvalue weighted by Crippen LogP contribution is -2.40. The average molecular weight is 193 g/mol. The van der Waals surface area contributed by atoms with E-state index in [9.17, 15) is 0 Å². The number of rotatable bonds is 6. The Morgan fingerprint density at radius 1 is 1.14 bits per heavy atom. The van der Waals surface area contributed by atoms with Crippen molar-refractivity contribution in [1.82, 2.24) is 5.32 Å². The van der Waals surface area contributed by atoms with E-state index in [4.69, 9.17) is 11.5 Å². The lowest BCUT2D eigenvalue weighted by Gasteiger charge is -2.16. The normalized spacial score (nSPS) is 12.7. The van der Waals surface area contributed by atoms with Crippen LogP contribution < -0.4 is 16.8 Å². The van der Waals surface area contributed by atoms with Gasteiger partial charge < -0.3 is 16.8 Å². The molecule has 3 heteroatoms. The lowest BCUT2D eigenvalue weighted by molar-refractivity contribution is 0.523. The molecular weight excluding hydrogens is 174 g/mol. The summed E-state index contributed by atoms with van der Waals surface area (Å²) < 4.78 is 0. The Hall–Kier alpha value is -0.900. The van der Waals surface area contributed by atoms with E-state index in [0.29, 0.717) is 19.1 Å². The fraction of sp³-hybridized carbons (Fsp3) is 0.455. The molecule has 0 saturated carbocycles. The van der Waals surface area contributed by atoms with E-state index in [0.717, 1.165) is 13.0 Å². The molecule has 0 radical (unpaired) electrons. The predicted octanol–water partition coefficient (Wildman–Crippen LogP) is 0.105. The van der Waals surface area contributed by atoms with E-state index in [-0.39, 0.29) is 0 Å². The molecule has 0 aromatic heterocycles. The van der Waals surface area contributed by atoms with E-state index in [2.05, 4.69) is 17.4 Å². The van der Waals surface area contributed by atoms with Gasteiger partial charge in [-0.15, -0.1) is 0 Å². The Labute approximate surface area is 85.5 Å². The second kappa shape index (κ2) is 6.54. The Morgan fingerprint density at radius 3 is 2.43 bits per heavy atom. The Morgan fingerprint density at radius 2 is 1.86 bits per heavy atom. The molecule has 0 aliphatic heterocycles. The predicted molar refractivity (Wildman–Crippen MR) is 60.0 cm³/mol. The molecule has 0 amide bonds. The summed E-state index contributed by atoms with van der Waals surface area (Å²) in [6.07, 6.45) is 0.970. The van der Waals surface area contributed by atoms with E-state index in [1.54, 1.807) is 0 Å². The fourth-order valence-corrected chi connectivity index (χ4v) is 1.42. The van der Waals surface area contributed by atoms with Gasteiger partial charge in [-0.2, -0.15) is 0 Å². The zero-order chi connectivity index (χ0) is 10.2. The maximum Gasteiger partial charge on any atom is 0.0231 e. The summed E-state index contributed by atoms with van der Waals surface area (Å²) in [5, 5.41) is 3.32. The maximum atomic E-state index is 5.66. The zero-order valence-electron chi connectivity index (χ0n) is 8.45. The molecule has 0 saturated heterocycles. The van der Waals surface area contributed by atoms with Gasteiger partial charge in [-0.1, -0.05) is 30.3 Å². The molecule has 0 heterocycles. The third-order valence-electron chi connectivity index (χ3n) is 2.19. The van der Waals surface area contributed by atoms with Crippen molar-refractivity contribution in [2.45, 2.75) is 12.5 Å². The summed E-state index contributed by atoms with van der Waals surface area (Å²) >= 11 is 0. The third-order valence-corrected chi connectivity index (χ3v) is 2.19. The highest BCUT2D eigenvalue weighted by atomic mass is 14.9. The molecule has 0 aliphatic rings. The van der Waals surface area contributed by atoms with Crippen LogP contribution in [0.4, 0.5) is 0 Å². The molecule has 0 fully saturated rings. The summed E-state index contributed by atoms with van der Waals surface area (Å²) in [5.74, 6) is 0. The van der Waals surface area contributed by atoms with Gasteiger partial charge in [0.2, 0.25) is 0 Å². The fourth-order valence-electron chi connectivity index (χ4n) is 1.42. The highest BCUT2D eigenvalue weighted by Crippen LogP contribution is 2.01. The van der Waals surface area contributed by atoms with E-state index in [1.165, 1.54) is 5.56 Å². The minimum atomic E-state index is 0.334. The van der Waals surface area contributed by atoms with Crippen LogP contribution in [0.5, 0.6) is 0 Å². The monoisotopic (exact) mass is 193 g/mol. The Bertz CT molecular complexity index is 236. The van der Waals surface area contributed by atoms with Gasteiger partial charge in [0.25, 0.3) is 0 Å². The summed E-state index contributed by atoms with van der Waals surface area (Å²) in [6, 6.07) is 10.7. The summed E-state index contributed by atoms with van der Waals surface area (Å²) in [4.78, 5) is 0. The van der Waals surface area contributed by atoms with E-state index >= 15 is 0 Å². The van der Waals surface area contributed by atoms with Crippen molar-refractivity contribution < 1.29 is 0 Å². The highest BCUT2D eigenvalue weighted by molar-refractivity contribution is 5.15. The van der Waals surface area contributed by atoms with Gasteiger partial charge in [-0.25, -0.2) is 0 Å². The molecule has 0 bridgehead atoms. The molecule has 1 rings (SSSR count). The van der Waals surface area contributed by atoms with Crippen LogP contribution >= 0.6 is 0 Å². The molecule has 1 aromatic carbocycles. The molecule has 1 aromatic rings. The Balaban J connectivity index is 2.40. The molecular formula is C11H19N3. The van der Waals surface area contributed by atoms with Crippen LogP contribution in [0.2, 0.25) is 0 Å². The van der Waals surface area contributed by atoms with Crippen LogP contribution in [-0.4, -0.2) is 25.7 Å². The third kappa shape index (κ3) is 3.87. The minimum Gasteiger partial charge on any atom is -0.329 e. The second-order valence-electron chi connectivity index (χ2n) is 3.37. The number of benzene rings is 1. The lowest BCUT2D eigenvalue weighted by atomic mass is 10.1. The molecule has 14 heavy (non-hydrogen) atoms. The van der Waals surface area contributed by atoms with Crippen molar-refractivity contribution >= 4 is 0 Å². The average Bonchev–Trinajstić information content (AvgIpc) is 2.25. The van der Waals surface area contributed by atoms with Gasteiger partial charge >= 0.3 is 0 Å². The van der Waals surface area contributed by atoms with Crippen LogP contribution in [0.15, 0.2) is 30.3 Å². The number of hydrogen-bond donors (Lipinski definition) is 3. The van der Waals surface area contributed by atoms with Gasteiger partial charge in [-0.05, 0) is 12.0 Å². The molecule has 3 nitrogen and oxygen atoms in total. The van der Waals surface area contributed by atoms with Gasteiger partial charge in [0.05, 0.1) is 0 Å². The molecule has 0 spiro atoms. The van der Waals surface area contributed by atoms with Gasteiger partial charge in [0.15, 0.2) is 0 Å². The first kappa shape index (κ1) is 11.2. The molecule has 78 valence electrons. The highest BCUT2D eigenvalue weighted by Gasteiger charge is 2.05. The molecule has 0 aliphatic carbocycles. The molecule has 1 unspecified atom stereocenters. The number of nitrogens with two attached hydrogens (primary N) is 2. The van der Waals surface area contributed by atoms with Crippen molar-refractivity contribution in [1.29, 1.82) is 0 Å². The van der Waals surface area contributed by atoms with Gasteiger partial charge in [0.1, 0.15) is 0 Å². The zero-order valence-corrected chi connectivity index (χ0v) is 8.45. The first-order chi connectivity index (χ1) is 6.86. The summed E-state index contributed by atoms with van der Waals surface area (Å²) in [6.45, 7) is 2.13. The number of hydrogen-bond acceptors (Lipinski definition) is 3. The SMILES string of the molecule is NCCNC(CN)Cc1ccccc1. The van der Waals surface area contributed by atoms with Crippen molar-refractivity contribution in [2.75, 3.05) is 19.6 Å². The van der Waals surface area contributed by atoms with Crippen LogP contribution in [0.25, 0.3) is 0 Å². The minimum absolute atomic E-state index is 0.334. The van der Waals surface area contributed by atoms with Crippen molar-refractivity contribution in [3.8, 4) is 0 Å². The van der Waals surface area contributed by atoms with E-state index in [1.807, 2.05) is 18.2 Å². The first-order valence-electron chi connectivity index (χ1n) is 5.04. The van der Waals surface area contributed by atoms with Crippen molar-refractivity contribution in [3.05, 3.63) is 35.9 Å². The second-order valence-corrected chi connectivity index (χ2v) is 3.37. The number of nitrogens with one attached hydrogen (secondary N) is 1. The van der Waals surface area contributed by atoms with Gasteiger partial charge in [0, 0.05) is 25.7 Å². The largest absolute Gasteiger partial charge is 0.329 e. The maximum absolute atomic E-state index is 5.66. The van der Waals surface area contributed by atoms with Crippen molar-refractivity contribution in [2.24, 2.45) is 11.5 Å². The van der Waals surface area contributed by atoms with Crippen LogP contribution in [-0.2, 0) is 6.42 Å². The van der Waals surface area contributed by atoms with Gasteiger partial charge in [-0.3, -0.25) is 0 Å². The summed E-state index contributed by atoms with van der Waals surface area (Å²) in [7, 11) is 0. The topological polar surface area (TPSA) is 64.1 Å². The van der Waals surface area contributed by atoms with Crippen LogP contribution in [0, 0.1) is 0 Å². The first-order valence-corrected chi connectivity index (χ1v) is 5.04. The van der Waals surface area contributed by atoms with Crippen LogP contribution in [0.1, 0.15) is 5.56 Å². The standard InChI is InChI=1S/C11H19N3/c12-6-7-14-11(9-13)8-10-4-2-1-3-5-10/h1-5,11,14H,6-9,12-13H2. The quantitative estimate of drug-likeness (QED) is 0.600. The molecule has 5 N–H and O–H groups in total. The van der Waals surface area contributed by atoms with Crippen LogP contribution in [0.3, 0.4) is 0 Å². The Kier molecular flexibility index (Phi) is 5.22. The smallest absolute Gasteiger partial charge is 0.0231 e. The summed E-state index contributed by atoms with van der Waals surface area (Å²) in [5.41, 5.74) is 12.4.